The number of aromatic nitrogens is 2. The van der Waals surface area contributed by atoms with Crippen LogP contribution in [0.3, 0.4) is 0 Å². The Labute approximate surface area is 140 Å². The van der Waals surface area contributed by atoms with Crippen LogP contribution in [0.25, 0.3) is 11.0 Å². The summed E-state index contributed by atoms with van der Waals surface area (Å²) in [7, 11) is 1.69. The second-order valence-corrected chi connectivity index (χ2v) is 6.02. The number of nitrogens with zero attached hydrogens (tertiary/aromatic N) is 4. The first-order valence-electron chi connectivity index (χ1n) is 7.65. The lowest BCUT2D eigenvalue weighted by Gasteiger charge is -2.27. The van der Waals surface area contributed by atoms with Gasteiger partial charge in [-0.05, 0) is 12.8 Å². The monoisotopic (exact) mass is 353 g/mol. The van der Waals surface area contributed by atoms with Gasteiger partial charge in [-0.2, -0.15) is 18.4 Å². The van der Waals surface area contributed by atoms with Crippen molar-refractivity contribution in [1.82, 2.24) is 9.97 Å². The molecule has 1 aliphatic rings. The SMILES string of the molecule is CN(c1c(C#N)cc([N+](=O)[O-])c2nc(C(F)(F)F)[nH]c12)C1CCCC1. The number of H-pyrrole nitrogens is 1. The predicted octanol–water partition coefficient (Wildman–Crippen LogP) is 3.74. The molecule has 0 aliphatic heterocycles. The Morgan fingerprint density at radius 3 is 2.60 bits per heavy atom. The van der Waals surface area contributed by atoms with Crippen LogP contribution in [0.2, 0.25) is 0 Å². The van der Waals surface area contributed by atoms with Gasteiger partial charge in [0.05, 0.1) is 21.7 Å². The van der Waals surface area contributed by atoms with Crippen molar-refractivity contribution >= 4 is 22.4 Å². The molecule has 1 aromatic carbocycles. The second-order valence-electron chi connectivity index (χ2n) is 6.02. The van der Waals surface area contributed by atoms with E-state index in [2.05, 4.69) is 9.97 Å². The predicted molar refractivity (Wildman–Crippen MR) is 83.1 cm³/mol. The first kappa shape index (κ1) is 17.0. The summed E-state index contributed by atoms with van der Waals surface area (Å²) in [6.45, 7) is 0. The quantitative estimate of drug-likeness (QED) is 0.669. The number of non-ortho nitro benzene ring substituents is 1. The van der Waals surface area contributed by atoms with Gasteiger partial charge >= 0.3 is 6.18 Å². The highest BCUT2D eigenvalue weighted by Gasteiger charge is 2.37. The number of nitro benzene ring substituents is 1. The zero-order chi connectivity index (χ0) is 18.4. The summed E-state index contributed by atoms with van der Waals surface area (Å²) in [5, 5.41) is 20.6. The zero-order valence-electron chi connectivity index (χ0n) is 13.2. The summed E-state index contributed by atoms with van der Waals surface area (Å²) in [6, 6.07) is 2.91. The standard InChI is InChI=1S/C15H14F3N5O2/c1-22(9-4-2-3-5-9)13-8(7-19)6-10(23(24)25)11-12(13)21-14(20-11)15(16,17)18/h6,9H,2-5H2,1H3,(H,20,21). The molecule has 1 aromatic heterocycles. The summed E-state index contributed by atoms with van der Waals surface area (Å²) in [6.07, 6.45) is -1.10. The average Bonchev–Trinajstić information content (AvgIpc) is 3.20. The van der Waals surface area contributed by atoms with Crippen LogP contribution in [-0.2, 0) is 6.18 Å². The number of fused-ring (bicyclic) bond motifs is 1. The molecule has 0 bridgehead atoms. The molecular weight excluding hydrogens is 339 g/mol. The third-order valence-corrected chi connectivity index (χ3v) is 4.53. The summed E-state index contributed by atoms with van der Waals surface area (Å²) in [5.41, 5.74) is -0.977. The van der Waals surface area contributed by atoms with Crippen molar-refractivity contribution in [2.45, 2.75) is 37.9 Å². The molecular formula is C15H14F3N5O2. The maximum Gasteiger partial charge on any atom is 0.449 e. The molecule has 1 heterocycles. The van der Waals surface area contributed by atoms with Crippen LogP contribution < -0.4 is 4.90 Å². The van der Waals surface area contributed by atoms with Gasteiger partial charge in [0.1, 0.15) is 6.07 Å². The number of nitrogens with one attached hydrogen (secondary N) is 1. The molecule has 3 rings (SSSR count). The first-order valence-corrected chi connectivity index (χ1v) is 7.65. The molecule has 0 saturated heterocycles. The number of alkyl halides is 3. The van der Waals surface area contributed by atoms with E-state index in [1.165, 1.54) is 0 Å². The van der Waals surface area contributed by atoms with Gasteiger partial charge in [-0.3, -0.25) is 10.1 Å². The number of aromatic amines is 1. The summed E-state index contributed by atoms with van der Waals surface area (Å²) in [5.74, 6) is -1.32. The minimum absolute atomic E-state index is 0.0500. The zero-order valence-corrected chi connectivity index (χ0v) is 13.2. The molecule has 7 nitrogen and oxygen atoms in total. The molecule has 0 spiro atoms. The minimum Gasteiger partial charge on any atom is -0.369 e. The Morgan fingerprint density at radius 2 is 2.08 bits per heavy atom. The van der Waals surface area contributed by atoms with E-state index in [0.29, 0.717) is 0 Å². The smallest absolute Gasteiger partial charge is 0.369 e. The minimum atomic E-state index is -4.77. The van der Waals surface area contributed by atoms with Crippen LogP contribution >= 0.6 is 0 Å². The molecule has 1 aliphatic carbocycles. The summed E-state index contributed by atoms with van der Waals surface area (Å²) < 4.78 is 39.1. The van der Waals surface area contributed by atoms with Gasteiger partial charge in [0.15, 0.2) is 5.52 Å². The number of halogens is 3. The highest BCUT2D eigenvalue weighted by molar-refractivity contribution is 5.98. The van der Waals surface area contributed by atoms with Crippen molar-refractivity contribution in [3.05, 3.63) is 27.6 Å². The Bertz CT molecular complexity index is 878. The highest BCUT2D eigenvalue weighted by Crippen LogP contribution is 2.40. The van der Waals surface area contributed by atoms with E-state index < -0.39 is 28.1 Å². The first-order chi connectivity index (χ1) is 11.7. The molecule has 10 heteroatoms. The van der Waals surface area contributed by atoms with E-state index in [0.717, 1.165) is 31.7 Å². The van der Waals surface area contributed by atoms with Gasteiger partial charge in [-0.25, -0.2) is 4.98 Å². The average molecular weight is 353 g/mol. The number of anilines is 1. The Hall–Kier alpha value is -2.83. The Balaban J connectivity index is 2.30. The molecule has 0 atom stereocenters. The molecule has 25 heavy (non-hydrogen) atoms. The summed E-state index contributed by atoms with van der Waals surface area (Å²) >= 11 is 0. The molecule has 0 unspecified atom stereocenters. The third-order valence-electron chi connectivity index (χ3n) is 4.53. The van der Waals surface area contributed by atoms with Crippen molar-refractivity contribution in [2.75, 3.05) is 11.9 Å². The fourth-order valence-corrected chi connectivity index (χ4v) is 3.34. The molecule has 2 aromatic rings. The second kappa shape index (κ2) is 5.91. The number of hydrogen-bond donors (Lipinski definition) is 1. The van der Waals surface area contributed by atoms with E-state index in [-0.39, 0.29) is 22.8 Å². The number of nitro groups is 1. The van der Waals surface area contributed by atoms with Gasteiger partial charge in [0.25, 0.3) is 5.69 Å². The maximum atomic E-state index is 13.0. The topological polar surface area (TPSA) is 98.8 Å². The molecule has 132 valence electrons. The van der Waals surface area contributed by atoms with E-state index in [1.807, 2.05) is 6.07 Å². The molecule has 0 amide bonds. The van der Waals surface area contributed by atoms with E-state index in [1.54, 1.807) is 11.9 Å². The lowest BCUT2D eigenvalue weighted by Crippen LogP contribution is -2.29. The van der Waals surface area contributed by atoms with Gasteiger partial charge in [-0.15, -0.1) is 0 Å². The number of rotatable bonds is 3. The number of nitriles is 1. The van der Waals surface area contributed by atoms with Crippen LogP contribution in [0.4, 0.5) is 24.5 Å². The fraction of sp³-hybridized carbons (Fsp3) is 0.467. The fourth-order valence-electron chi connectivity index (χ4n) is 3.34. The van der Waals surface area contributed by atoms with Gasteiger partial charge in [0, 0.05) is 19.2 Å². The Kier molecular flexibility index (Phi) is 4.02. The van der Waals surface area contributed by atoms with Gasteiger partial charge in [-0.1, -0.05) is 12.8 Å². The number of imidazole rings is 1. The third kappa shape index (κ3) is 2.86. The van der Waals surface area contributed by atoms with Crippen molar-refractivity contribution in [2.24, 2.45) is 0 Å². The van der Waals surface area contributed by atoms with Crippen LogP contribution in [0, 0.1) is 21.4 Å². The highest BCUT2D eigenvalue weighted by atomic mass is 19.4. The van der Waals surface area contributed by atoms with E-state index >= 15 is 0 Å². The summed E-state index contributed by atoms with van der Waals surface area (Å²) in [4.78, 5) is 17.7. The molecule has 0 radical (unpaired) electrons. The lowest BCUT2D eigenvalue weighted by molar-refractivity contribution is -0.383. The van der Waals surface area contributed by atoms with Crippen molar-refractivity contribution in [3.8, 4) is 6.07 Å². The van der Waals surface area contributed by atoms with Crippen molar-refractivity contribution in [1.29, 1.82) is 5.26 Å². The van der Waals surface area contributed by atoms with Crippen LogP contribution in [0.1, 0.15) is 37.1 Å². The van der Waals surface area contributed by atoms with Crippen molar-refractivity contribution < 1.29 is 18.1 Å². The molecule has 1 fully saturated rings. The Morgan fingerprint density at radius 1 is 1.44 bits per heavy atom. The molecule has 1 N–H and O–H groups in total. The normalized spacial score (nSPS) is 15.5. The van der Waals surface area contributed by atoms with Crippen LogP contribution in [0.15, 0.2) is 6.07 Å². The van der Waals surface area contributed by atoms with E-state index in [9.17, 15) is 28.5 Å². The number of benzene rings is 1. The van der Waals surface area contributed by atoms with Crippen molar-refractivity contribution in [3.63, 3.8) is 0 Å². The van der Waals surface area contributed by atoms with Gasteiger partial charge < -0.3 is 9.88 Å². The number of hydrogen-bond acceptors (Lipinski definition) is 5. The van der Waals surface area contributed by atoms with Gasteiger partial charge in [0.2, 0.25) is 5.82 Å². The van der Waals surface area contributed by atoms with Crippen LogP contribution in [-0.4, -0.2) is 28.0 Å². The van der Waals surface area contributed by atoms with Crippen LogP contribution in [0.5, 0.6) is 0 Å². The molecule has 1 saturated carbocycles. The lowest BCUT2D eigenvalue weighted by atomic mass is 10.1. The maximum absolute atomic E-state index is 13.0. The van der Waals surface area contributed by atoms with E-state index in [4.69, 9.17) is 0 Å². The largest absolute Gasteiger partial charge is 0.449 e.